The second kappa shape index (κ2) is 4.68. The van der Waals surface area contributed by atoms with E-state index in [0.29, 0.717) is 0 Å². The molecule has 2 unspecified atom stereocenters. The van der Waals surface area contributed by atoms with Gasteiger partial charge in [-0.3, -0.25) is 0 Å². The third-order valence-corrected chi connectivity index (χ3v) is 2.80. The molecule has 2 atom stereocenters. The average Bonchev–Trinajstić information content (AvgIpc) is 2.72. The van der Waals surface area contributed by atoms with Gasteiger partial charge in [-0.25, -0.2) is 0 Å². The normalized spacial score (nSPS) is 15.2. The molecule has 0 aliphatic carbocycles. The van der Waals surface area contributed by atoms with E-state index >= 15 is 0 Å². The first-order chi connectivity index (χ1) is 7.70. The van der Waals surface area contributed by atoms with E-state index in [1.165, 1.54) is 0 Å². The lowest BCUT2D eigenvalue weighted by atomic mass is 10.1. The topological polar surface area (TPSA) is 48.4 Å². The van der Waals surface area contributed by atoms with Gasteiger partial charge in [-0.05, 0) is 25.5 Å². The lowest BCUT2D eigenvalue weighted by Crippen LogP contribution is -2.17. The summed E-state index contributed by atoms with van der Waals surface area (Å²) in [7, 11) is 1.69. The van der Waals surface area contributed by atoms with E-state index in [9.17, 15) is 0 Å². The molecule has 3 nitrogen and oxygen atoms in total. The maximum absolute atomic E-state index is 6.06. The number of ether oxygens (including phenoxy) is 1. The molecular formula is C13H17NO2. The molecule has 0 radical (unpaired) electrons. The van der Waals surface area contributed by atoms with Crippen LogP contribution in [0.15, 0.2) is 34.7 Å². The molecule has 0 spiro atoms. The van der Waals surface area contributed by atoms with Gasteiger partial charge in [0.2, 0.25) is 0 Å². The monoisotopic (exact) mass is 219 g/mol. The third-order valence-electron chi connectivity index (χ3n) is 2.80. The molecule has 0 amide bonds. The highest BCUT2D eigenvalue weighted by molar-refractivity contribution is 5.77. The molecule has 0 saturated carbocycles. The molecule has 0 bridgehead atoms. The van der Waals surface area contributed by atoms with Crippen LogP contribution in [0.2, 0.25) is 0 Å². The summed E-state index contributed by atoms with van der Waals surface area (Å²) >= 11 is 0. The first kappa shape index (κ1) is 11.2. The minimum atomic E-state index is -0.109. The van der Waals surface area contributed by atoms with Crippen molar-refractivity contribution in [1.82, 2.24) is 0 Å². The number of furan rings is 1. The van der Waals surface area contributed by atoms with E-state index in [2.05, 4.69) is 0 Å². The molecule has 1 aromatic heterocycles. The summed E-state index contributed by atoms with van der Waals surface area (Å²) < 4.78 is 10.9. The van der Waals surface area contributed by atoms with E-state index in [0.717, 1.165) is 23.2 Å². The van der Waals surface area contributed by atoms with Crippen LogP contribution in [-0.4, -0.2) is 13.2 Å². The van der Waals surface area contributed by atoms with Crippen LogP contribution in [0, 0.1) is 0 Å². The van der Waals surface area contributed by atoms with Crippen LogP contribution >= 0.6 is 0 Å². The van der Waals surface area contributed by atoms with Crippen molar-refractivity contribution in [1.29, 1.82) is 0 Å². The van der Waals surface area contributed by atoms with Crippen LogP contribution < -0.4 is 5.73 Å². The molecule has 0 aliphatic rings. The minimum absolute atomic E-state index is 0.109. The smallest absolute Gasteiger partial charge is 0.134 e. The summed E-state index contributed by atoms with van der Waals surface area (Å²) in [4.78, 5) is 0. The largest absolute Gasteiger partial charge is 0.459 e. The van der Waals surface area contributed by atoms with Gasteiger partial charge in [0.15, 0.2) is 0 Å². The van der Waals surface area contributed by atoms with Crippen molar-refractivity contribution in [2.45, 2.75) is 25.5 Å². The Bertz CT molecular complexity index is 431. The molecule has 2 rings (SSSR count). The van der Waals surface area contributed by atoms with E-state index in [4.69, 9.17) is 14.9 Å². The summed E-state index contributed by atoms with van der Waals surface area (Å²) in [5, 5.41) is 1.10. The van der Waals surface area contributed by atoms with Gasteiger partial charge in [-0.2, -0.15) is 0 Å². The summed E-state index contributed by atoms with van der Waals surface area (Å²) in [6.07, 6.45) is 0.902. The van der Waals surface area contributed by atoms with Crippen molar-refractivity contribution in [2.75, 3.05) is 7.11 Å². The SMILES string of the molecule is COC(C)CC(N)c1cc2ccccc2o1. The highest BCUT2D eigenvalue weighted by atomic mass is 16.5. The number of fused-ring (bicyclic) bond motifs is 1. The minimum Gasteiger partial charge on any atom is -0.459 e. The van der Waals surface area contributed by atoms with Crippen molar-refractivity contribution < 1.29 is 9.15 Å². The number of nitrogens with two attached hydrogens (primary N) is 1. The molecule has 2 aromatic rings. The molecule has 0 saturated heterocycles. The Hall–Kier alpha value is -1.32. The molecule has 2 N–H and O–H groups in total. The van der Waals surface area contributed by atoms with Crippen LogP contribution in [0.25, 0.3) is 11.0 Å². The van der Waals surface area contributed by atoms with Crippen molar-refractivity contribution in [3.63, 3.8) is 0 Å². The van der Waals surface area contributed by atoms with Crippen LogP contribution in [-0.2, 0) is 4.74 Å². The standard InChI is InChI=1S/C13H17NO2/c1-9(15-2)7-11(14)13-8-10-5-3-4-6-12(10)16-13/h3-6,8-9,11H,7,14H2,1-2H3. The predicted molar refractivity (Wildman–Crippen MR) is 64.2 cm³/mol. The number of methoxy groups -OCH3 is 1. The fourth-order valence-electron chi connectivity index (χ4n) is 1.76. The average molecular weight is 219 g/mol. The maximum atomic E-state index is 6.06. The first-order valence-electron chi connectivity index (χ1n) is 5.47. The van der Waals surface area contributed by atoms with Crippen LogP contribution in [0.5, 0.6) is 0 Å². The van der Waals surface area contributed by atoms with Gasteiger partial charge in [0.05, 0.1) is 12.1 Å². The van der Waals surface area contributed by atoms with Gasteiger partial charge in [0.1, 0.15) is 11.3 Å². The van der Waals surface area contributed by atoms with Gasteiger partial charge in [-0.15, -0.1) is 0 Å². The fraction of sp³-hybridized carbons (Fsp3) is 0.385. The van der Waals surface area contributed by atoms with Crippen molar-refractivity contribution in [3.05, 3.63) is 36.1 Å². The summed E-state index contributed by atoms with van der Waals surface area (Å²) in [6, 6.07) is 9.81. The quantitative estimate of drug-likeness (QED) is 0.860. The van der Waals surface area contributed by atoms with E-state index < -0.39 is 0 Å². The third kappa shape index (κ3) is 2.26. The number of hydrogen-bond acceptors (Lipinski definition) is 3. The molecular weight excluding hydrogens is 202 g/mol. The molecule has 1 aromatic carbocycles. The van der Waals surface area contributed by atoms with E-state index in [1.807, 2.05) is 37.3 Å². The number of benzene rings is 1. The van der Waals surface area contributed by atoms with E-state index in [-0.39, 0.29) is 12.1 Å². The second-order valence-electron chi connectivity index (χ2n) is 4.08. The van der Waals surface area contributed by atoms with Gasteiger partial charge in [0, 0.05) is 12.5 Å². The maximum Gasteiger partial charge on any atom is 0.134 e. The Labute approximate surface area is 95.2 Å². The zero-order valence-electron chi connectivity index (χ0n) is 9.64. The number of rotatable bonds is 4. The highest BCUT2D eigenvalue weighted by Gasteiger charge is 2.14. The van der Waals surface area contributed by atoms with Crippen LogP contribution in [0.3, 0.4) is 0 Å². The second-order valence-corrected chi connectivity index (χ2v) is 4.08. The van der Waals surface area contributed by atoms with Gasteiger partial charge < -0.3 is 14.9 Å². The Morgan fingerprint density at radius 2 is 2.12 bits per heavy atom. The van der Waals surface area contributed by atoms with Crippen molar-refractivity contribution >= 4 is 11.0 Å². The summed E-state index contributed by atoms with van der Waals surface area (Å²) in [6.45, 7) is 2.00. The summed E-state index contributed by atoms with van der Waals surface area (Å²) in [5.74, 6) is 0.824. The zero-order valence-corrected chi connectivity index (χ0v) is 9.64. The number of hydrogen-bond donors (Lipinski definition) is 1. The molecule has 0 fully saturated rings. The first-order valence-corrected chi connectivity index (χ1v) is 5.47. The van der Waals surface area contributed by atoms with Crippen LogP contribution in [0.4, 0.5) is 0 Å². The van der Waals surface area contributed by atoms with Crippen LogP contribution in [0.1, 0.15) is 25.1 Å². The molecule has 1 heterocycles. The zero-order chi connectivity index (χ0) is 11.5. The fourth-order valence-corrected chi connectivity index (χ4v) is 1.76. The Balaban J connectivity index is 2.19. The highest BCUT2D eigenvalue weighted by Crippen LogP contribution is 2.25. The van der Waals surface area contributed by atoms with Gasteiger partial charge >= 0.3 is 0 Å². The Morgan fingerprint density at radius 1 is 1.38 bits per heavy atom. The molecule has 16 heavy (non-hydrogen) atoms. The molecule has 3 heteroatoms. The predicted octanol–water partition coefficient (Wildman–Crippen LogP) is 2.86. The van der Waals surface area contributed by atoms with Crippen molar-refractivity contribution in [3.8, 4) is 0 Å². The molecule has 86 valence electrons. The lowest BCUT2D eigenvalue weighted by Gasteiger charge is -2.13. The van der Waals surface area contributed by atoms with Gasteiger partial charge in [0.25, 0.3) is 0 Å². The Morgan fingerprint density at radius 3 is 2.81 bits per heavy atom. The molecule has 0 aliphatic heterocycles. The van der Waals surface area contributed by atoms with E-state index in [1.54, 1.807) is 7.11 Å². The van der Waals surface area contributed by atoms with Gasteiger partial charge in [-0.1, -0.05) is 18.2 Å². The Kier molecular flexibility index (Phi) is 3.27. The summed E-state index contributed by atoms with van der Waals surface area (Å²) in [5.41, 5.74) is 6.95. The van der Waals surface area contributed by atoms with Crippen molar-refractivity contribution in [2.24, 2.45) is 5.73 Å². The lowest BCUT2D eigenvalue weighted by molar-refractivity contribution is 0.102. The number of para-hydroxylation sites is 1.